The van der Waals surface area contributed by atoms with Gasteiger partial charge in [-0.05, 0) is 42.5 Å². The Hall–Kier alpha value is -3.23. The van der Waals surface area contributed by atoms with Crippen molar-refractivity contribution in [1.29, 1.82) is 0 Å². The third-order valence-corrected chi connectivity index (χ3v) is 6.29. The second-order valence-electron chi connectivity index (χ2n) is 7.71. The van der Waals surface area contributed by atoms with Crippen molar-refractivity contribution >= 4 is 28.1 Å². The molecule has 0 aliphatic heterocycles. The van der Waals surface area contributed by atoms with Crippen molar-refractivity contribution in [3.8, 4) is 16.2 Å². The van der Waals surface area contributed by atoms with Crippen LogP contribution in [-0.4, -0.2) is 44.2 Å². The molecule has 5 rings (SSSR count). The maximum atomic E-state index is 13.2. The molecule has 0 spiro atoms. The highest BCUT2D eigenvalue weighted by Crippen LogP contribution is 2.37. The Morgan fingerprint density at radius 2 is 2.19 bits per heavy atom. The number of ether oxygens (including phenoxy) is 1. The molecular formula is C23H22N4O3S. The predicted molar refractivity (Wildman–Crippen MR) is 119 cm³/mol. The van der Waals surface area contributed by atoms with Crippen molar-refractivity contribution < 1.29 is 14.6 Å². The lowest BCUT2D eigenvalue weighted by atomic mass is 10.1. The number of pyridine rings is 1. The van der Waals surface area contributed by atoms with Crippen LogP contribution in [0.15, 0.2) is 48.1 Å². The molecule has 158 valence electrons. The molecule has 3 aromatic heterocycles. The molecule has 3 heterocycles. The molecule has 4 aromatic rings. The van der Waals surface area contributed by atoms with E-state index in [2.05, 4.69) is 21.2 Å². The van der Waals surface area contributed by atoms with Crippen LogP contribution in [0.3, 0.4) is 0 Å². The van der Waals surface area contributed by atoms with Crippen molar-refractivity contribution in [3.63, 3.8) is 0 Å². The lowest BCUT2D eigenvalue weighted by Gasteiger charge is -2.19. The van der Waals surface area contributed by atoms with Gasteiger partial charge in [-0.15, -0.1) is 11.3 Å². The maximum Gasteiger partial charge on any atom is 0.254 e. The summed E-state index contributed by atoms with van der Waals surface area (Å²) in [5.41, 5.74) is 3.78. The summed E-state index contributed by atoms with van der Waals surface area (Å²) in [7, 11) is 1.76. The van der Waals surface area contributed by atoms with E-state index in [1.807, 2.05) is 29.6 Å². The van der Waals surface area contributed by atoms with Crippen LogP contribution in [0.5, 0.6) is 5.75 Å². The molecule has 2 N–H and O–H groups in total. The largest absolute Gasteiger partial charge is 0.490 e. The van der Waals surface area contributed by atoms with Gasteiger partial charge in [-0.25, -0.2) is 0 Å². The number of hydrogen-bond donors (Lipinski definition) is 2. The van der Waals surface area contributed by atoms with Crippen LogP contribution in [0, 0.1) is 0 Å². The van der Waals surface area contributed by atoms with Crippen LogP contribution in [-0.2, 0) is 13.2 Å². The second-order valence-corrected chi connectivity index (χ2v) is 8.66. The lowest BCUT2D eigenvalue weighted by molar-refractivity contribution is 0.0785. The van der Waals surface area contributed by atoms with Gasteiger partial charge in [0.2, 0.25) is 0 Å². The highest BCUT2D eigenvalue weighted by Gasteiger charge is 2.26. The van der Waals surface area contributed by atoms with Gasteiger partial charge in [-0.2, -0.15) is 5.10 Å². The first kappa shape index (κ1) is 19.7. The van der Waals surface area contributed by atoms with E-state index >= 15 is 0 Å². The smallest absolute Gasteiger partial charge is 0.254 e. The summed E-state index contributed by atoms with van der Waals surface area (Å²) in [6, 6.07) is 9.75. The van der Waals surface area contributed by atoms with Crippen LogP contribution in [0.4, 0.5) is 0 Å². The summed E-state index contributed by atoms with van der Waals surface area (Å²) in [4.78, 5) is 20.3. The topological polar surface area (TPSA) is 91.3 Å². The van der Waals surface area contributed by atoms with E-state index in [4.69, 9.17) is 4.74 Å². The average Bonchev–Trinajstić information content (AvgIpc) is 3.23. The van der Waals surface area contributed by atoms with Crippen molar-refractivity contribution in [3.05, 3.63) is 64.9 Å². The number of benzene rings is 1. The van der Waals surface area contributed by atoms with Crippen LogP contribution >= 0.6 is 11.3 Å². The van der Waals surface area contributed by atoms with E-state index in [1.165, 1.54) is 0 Å². The summed E-state index contributed by atoms with van der Waals surface area (Å²) < 4.78 is 6.13. The summed E-state index contributed by atoms with van der Waals surface area (Å²) >= 11 is 1.66. The second kappa shape index (κ2) is 8.13. The zero-order valence-electron chi connectivity index (χ0n) is 17.0. The first-order valence-corrected chi connectivity index (χ1v) is 11.0. The summed E-state index contributed by atoms with van der Waals surface area (Å²) in [6.45, 7) is 0.202. The molecule has 0 bridgehead atoms. The van der Waals surface area contributed by atoms with Crippen molar-refractivity contribution in [1.82, 2.24) is 20.1 Å². The number of carbonyl (C=O) groups excluding carboxylic acids is 1. The zero-order valence-corrected chi connectivity index (χ0v) is 17.9. The Balaban J connectivity index is 1.41. The van der Waals surface area contributed by atoms with Gasteiger partial charge < -0.3 is 14.7 Å². The highest BCUT2D eigenvalue weighted by molar-refractivity contribution is 7.13. The Morgan fingerprint density at radius 3 is 2.94 bits per heavy atom. The number of aromatic nitrogens is 3. The standard InChI is InChI=1S/C23H22N4O3S/c1-27(12-15-10-24-19(13-28)18-11-25-26-22(15)18)23(29)14-4-7-17(21-3-2-8-31-21)20(9-14)30-16-5-6-16/h2-4,7-11,16,28H,5-6,12-13H2,1H3,(H,25,26). The number of carbonyl (C=O) groups is 1. The van der Waals surface area contributed by atoms with Crippen molar-refractivity contribution in [2.75, 3.05) is 7.05 Å². The van der Waals surface area contributed by atoms with E-state index in [9.17, 15) is 9.90 Å². The molecule has 1 aromatic carbocycles. The number of nitrogens with zero attached hydrogens (tertiary/aromatic N) is 3. The predicted octanol–water partition coefficient (Wildman–Crippen LogP) is 3.99. The number of hydrogen-bond acceptors (Lipinski definition) is 6. The number of rotatable bonds is 7. The Morgan fingerprint density at radius 1 is 1.32 bits per heavy atom. The number of amides is 1. The summed E-state index contributed by atoms with van der Waals surface area (Å²) in [5.74, 6) is 0.659. The number of fused-ring (bicyclic) bond motifs is 1. The zero-order chi connectivity index (χ0) is 21.4. The fourth-order valence-electron chi connectivity index (χ4n) is 3.59. The number of H-pyrrole nitrogens is 1. The first-order chi connectivity index (χ1) is 15.1. The van der Waals surface area contributed by atoms with Crippen LogP contribution < -0.4 is 4.74 Å². The number of aliphatic hydroxyl groups is 1. The molecule has 1 saturated carbocycles. The van der Waals surface area contributed by atoms with E-state index < -0.39 is 0 Å². The molecule has 0 radical (unpaired) electrons. The molecule has 1 amide bonds. The highest BCUT2D eigenvalue weighted by atomic mass is 32.1. The maximum absolute atomic E-state index is 13.2. The monoisotopic (exact) mass is 434 g/mol. The summed E-state index contributed by atoms with van der Waals surface area (Å²) in [5, 5.41) is 19.3. The SMILES string of the molecule is CN(Cc1cnc(CO)c2cn[nH]c12)C(=O)c1ccc(-c2cccs2)c(OC2CC2)c1. The average molecular weight is 435 g/mol. The molecule has 0 atom stereocenters. The lowest BCUT2D eigenvalue weighted by Crippen LogP contribution is -2.26. The number of nitrogens with one attached hydrogen (secondary N) is 1. The summed E-state index contributed by atoms with van der Waals surface area (Å²) in [6.07, 6.45) is 5.67. The minimum Gasteiger partial charge on any atom is -0.490 e. The molecule has 7 nitrogen and oxygen atoms in total. The normalized spacial score (nSPS) is 13.5. The molecular weight excluding hydrogens is 412 g/mol. The Labute approximate surface area is 183 Å². The number of aliphatic hydroxyl groups excluding tert-OH is 1. The molecule has 1 fully saturated rings. The van der Waals surface area contributed by atoms with Gasteiger partial charge in [0.25, 0.3) is 5.91 Å². The van der Waals surface area contributed by atoms with E-state index in [0.29, 0.717) is 17.8 Å². The third-order valence-electron chi connectivity index (χ3n) is 5.38. The molecule has 31 heavy (non-hydrogen) atoms. The van der Waals surface area contributed by atoms with Gasteiger partial charge in [0.05, 0.1) is 30.1 Å². The number of thiophene rings is 1. The first-order valence-electron chi connectivity index (χ1n) is 10.1. The quantitative estimate of drug-likeness (QED) is 0.459. The van der Waals surface area contributed by atoms with Gasteiger partial charge in [0.1, 0.15) is 5.75 Å². The molecule has 0 unspecified atom stereocenters. The van der Waals surface area contributed by atoms with E-state index in [-0.39, 0.29) is 18.6 Å². The minimum absolute atomic E-state index is 0.0997. The van der Waals surface area contributed by atoms with Gasteiger partial charge >= 0.3 is 0 Å². The van der Waals surface area contributed by atoms with Crippen LogP contribution in [0.2, 0.25) is 0 Å². The fraction of sp³-hybridized carbons (Fsp3) is 0.261. The van der Waals surface area contributed by atoms with Crippen molar-refractivity contribution in [2.45, 2.75) is 32.1 Å². The fourth-order valence-corrected chi connectivity index (χ4v) is 4.34. The molecule has 8 heteroatoms. The van der Waals surface area contributed by atoms with Crippen LogP contribution in [0.1, 0.15) is 34.5 Å². The molecule has 0 saturated heterocycles. The van der Waals surface area contributed by atoms with Gasteiger partial charge in [-0.3, -0.25) is 14.9 Å². The third kappa shape index (κ3) is 3.92. The van der Waals surface area contributed by atoms with Gasteiger partial charge in [0, 0.05) is 46.7 Å². The molecule has 1 aliphatic carbocycles. The number of aromatic amines is 1. The van der Waals surface area contributed by atoms with E-state index in [1.54, 1.807) is 35.7 Å². The van der Waals surface area contributed by atoms with Gasteiger partial charge in [0.15, 0.2) is 0 Å². The van der Waals surface area contributed by atoms with Crippen LogP contribution in [0.25, 0.3) is 21.3 Å². The van der Waals surface area contributed by atoms with Gasteiger partial charge in [-0.1, -0.05) is 6.07 Å². The Bertz CT molecular complexity index is 1230. The molecule has 1 aliphatic rings. The minimum atomic E-state index is -0.161. The van der Waals surface area contributed by atoms with E-state index in [0.717, 1.165) is 45.5 Å². The Kier molecular flexibility index (Phi) is 5.17. The van der Waals surface area contributed by atoms with Crippen molar-refractivity contribution in [2.24, 2.45) is 0 Å².